The van der Waals surface area contributed by atoms with Crippen molar-refractivity contribution >= 4 is 38.9 Å². The van der Waals surface area contributed by atoms with Gasteiger partial charge in [0.25, 0.3) is 0 Å². The summed E-state index contributed by atoms with van der Waals surface area (Å²) in [7, 11) is 0. The first-order chi connectivity index (χ1) is 32.5. The van der Waals surface area contributed by atoms with Gasteiger partial charge >= 0.3 is 0 Å². The zero-order valence-corrected chi connectivity index (χ0v) is 37.7. The Labute approximate surface area is 388 Å². The van der Waals surface area contributed by atoms with Gasteiger partial charge in [0.2, 0.25) is 0 Å². The first-order valence-electron chi connectivity index (χ1n) is 24.0. The number of aromatic nitrogens is 1. The largest absolute Gasteiger partial charge is 0.310 e. The van der Waals surface area contributed by atoms with Gasteiger partial charge in [0.15, 0.2) is 0 Å². The Bertz CT molecular complexity index is 3440. The van der Waals surface area contributed by atoms with Gasteiger partial charge < -0.3 is 9.47 Å². The van der Waals surface area contributed by atoms with Crippen LogP contribution in [0.1, 0.15) is 90.8 Å². The van der Waals surface area contributed by atoms with Crippen LogP contribution in [0.3, 0.4) is 0 Å². The SMILES string of the molecule is CC1(C)c2ccccc2-c2ccc(N(c3ccc4c(c3)C(c3ccccc3)(c3ccccc3)c3ccccc3-4)c3ccc4c5ccc(C6CCCCC6)cc5n(-c5ccccc5)c4c3)cc21. The summed E-state index contributed by atoms with van der Waals surface area (Å²) in [6, 6.07) is 80.4. The van der Waals surface area contributed by atoms with Crippen molar-refractivity contribution in [1.29, 1.82) is 0 Å². The molecule has 3 aliphatic rings. The molecule has 9 aromatic carbocycles. The van der Waals surface area contributed by atoms with Crippen LogP contribution >= 0.6 is 0 Å². The molecule has 0 N–H and O–H groups in total. The van der Waals surface area contributed by atoms with Crippen molar-refractivity contribution in [3.05, 3.63) is 251 Å². The zero-order chi connectivity index (χ0) is 44.0. The van der Waals surface area contributed by atoms with Crippen LogP contribution in [0.5, 0.6) is 0 Å². The third-order valence-electron chi connectivity index (χ3n) is 15.6. The van der Waals surface area contributed by atoms with Crippen LogP contribution in [0, 0.1) is 0 Å². The van der Waals surface area contributed by atoms with Crippen LogP contribution in [0.25, 0.3) is 49.7 Å². The van der Waals surface area contributed by atoms with Gasteiger partial charge in [-0.15, -0.1) is 0 Å². The molecule has 2 heteroatoms. The summed E-state index contributed by atoms with van der Waals surface area (Å²) in [5, 5.41) is 2.57. The van der Waals surface area contributed by atoms with Crippen molar-refractivity contribution in [3.8, 4) is 27.9 Å². The number of benzene rings is 9. The lowest BCUT2D eigenvalue weighted by Gasteiger charge is -2.35. The van der Waals surface area contributed by atoms with Crippen molar-refractivity contribution in [2.24, 2.45) is 0 Å². The zero-order valence-electron chi connectivity index (χ0n) is 37.7. The molecule has 1 fully saturated rings. The maximum Gasteiger partial charge on any atom is 0.0714 e. The number of anilines is 3. The normalized spacial score (nSPS) is 15.6. The number of rotatable bonds is 7. The molecule has 0 radical (unpaired) electrons. The number of nitrogens with zero attached hydrogens (tertiary/aromatic N) is 2. The fourth-order valence-corrected chi connectivity index (χ4v) is 12.6. The molecule has 0 aliphatic heterocycles. The highest BCUT2D eigenvalue weighted by molar-refractivity contribution is 6.10. The van der Waals surface area contributed by atoms with E-state index in [0.717, 1.165) is 17.1 Å². The molecule has 0 atom stereocenters. The number of para-hydroxylation sites is 1. The second-order valence-corrected chi connectivity index (χ2v) is 19.5. The second-order valence-electron chi connectivity index (χ2n) is 19.5. The van der Waals surface area contributed by atoms with Gasteiger partial charge in [-0.3, -0.25) is 0 Å². The van der Waals surface area contributed by atoms with E-state index in [1.54, 1.807) is 0 Å². The molecule has 0 spiro atoms. The minimum absolute atomic E-state index is 0.150. The Morgan fingerprint density at radius 1 is 0.409 bits per heavy atom. The molecule has 0 bridgehead atoms. The van der Waals surface area contributed by atoms with E-state index in [1.807, 2.05) is 0 Å². The van der Waals surface area contributed by atoms with Crippen molar-refractivity contribution < 1.29 is 0 Å². The first-order valence-corrected chi connectivity index (χ1v) is 24.0. The van der Waals surface area contributed by atoms with E-state index < -0.39 is 5.41 Å². The topological polar surface area (TPSA) is 8.17 Å². The summed E-state index contributed by atoms with van der Waals surface area (Å²) >= 11 is 0. The molecule has 1 aromatic heterocycles. The minimum Gasteiger partial charge on any atom is -0.310 e. The maximum absolute atomic E-state index is 2.53. The van der Waals surface area contributed by atoms with Crippen molar-refractivity contribution in [2.75, 3.05) is 4.90 Å². The number of hydrogen-bond acceptors (Lipinski definition) is 1. The van der Waals surface area contributed by atoms with E-state index in [0.29, 0.717) is 5.92 Å². The molecular formula is C64H52N2. The summed E-state index contributed by atoms with van der Waals surface area (Å²) in [5.74, 6) is 0.622. The van der Waals surface area contributed by atoms with Gasteiger partial charge in [0, 0.05) is 38.9 Å². The Morgan fingerprint density at radius 3 is 1.56 bits per heavy atom. The van der Waals surface area contributed by atoms with Crippen molar-refractivity contribution in [1.82, 2.24) is 4.57 Å². The fourth-order valence-electron chi connectivity index (χ4n) is 12.6. The van der Waals surface area contributed by atoms with E-state index in [2.05, 4.69) is 236 Å². The molecule has 13 rings (SSSR count). The summed E-state index contributed by atoms with van der Waals surface area (Å²) in [4.78, 5) is 2.53. The summed E-state index contributed by atoms with van der Waals surface area (Å²) in [6.45, 7) is 4.77. The van der Waals surface area contributed by atoms with E-state index in [1.165, 1.54) is 121 Å². The monoisotopic (exact) mass is 848 g/mol. The van der Waals surface area contributed by atoms with Crippen LogP contribution in [0.2, 0.25) is 0 Å². The molecule has 0 unspecified atom stereocenters. The first kappa shape index (κ1) is 39.0. The minimum atomic E-state index is -0.516. The fraction of sp³-hybridized carbons (Fsp3) is 0.156. The predicted molar refractivity (Wildman–Crippen MR) is 276 cm³/mol. The van der Waals surface area contributed by atoms with Crippen molar-refractivity contribution in [2.45, 2.75) is 62.7 Å². The van der Waals surface area contributed by atoms with E-state index >= 15 is 0 Å². The van der Waals surface area contributed by atoms with Crippen LogP contribution in [0.15, 0.2) is 212 Å². The molecule has 66 heavy (non-hydrogen) atoms. The standard InChI is InChI=1S/C64H52N2/c1-63(2)57-29-17-15-27-51(57)53-36-32-48(40-59(53)63)65(49-33-37-54-52-28-16-18-30-58(52)64(60(54)41-49,45-21-9-4-10-22-45)46-23-11-5-12-24-46)50-34-38-56-55-35-31-44(43-19-7-3-8-20-43)39-61(55)66(62(56)42-50)47-25-13-6-14-26-47/h4-6,9-18,21-43H,3,7-8,19-20H2,1-2H3. The Kier molecular flexibility index (Phi) is 8.90. The Balaban J connectivity index is 1.08. The van der Waals surface area contributed by atoms with E-state index in [9.17, 15) is 0 Å². The van der Waals surface area contributed by atoms with E-state index in [4.69, 9.17) is 0 Å². The molecule has 0 saturated heterocycles. The quantitative estimate of drug-likeness (QED) is 0.155. The van der Waals surface area contributed by atoms with Crippen LogP contribution in [-0.2, 0) is 10.8 Å². The summed E-state index contributed by atoms with van der Waals surface area (Å²) in [5.41, 5.74) is 21.0. The molecule has 10 aromatic rings. The molecule has 318 valence electrons. The van der Waals surface area contributed by atoms with E-state index in [-0.39, 0.29) is 5.41 Å². The average molecular weight is 849 g/mol. The lowest BCUT2D eigenvalue weighted by atomic mass is 9.67. The van der Waals surface area contributed by atoms with Gasteiger partial charge in [0.05, 0.1) is 16.4 Å². The van der Waals surface area contributed by atoms with Crippen LogP contribution < -0.4 is 4.90 Å². The maximum atomic E-state index is 2.53. The number of fused-ring (bicyclic) bond motifs is 9. The lowest BCUT2D eigenvalue weighted by Crippen LogP contribution is -2.28. The van der Waals surface area contributed by atoms with Gasteiger partial charge in [-0.05, 0) is 135 Å². The average Bonchev–Trinajstić information content (AvgIpc) is 3.95. The summed E-state index contributed by atoms with van der Waals surface area (Å²) < 4.78 is 2.52. The second kappa shape index (κ2) is 15.1. The van der Waals surface area contributed by atoms with Gasteiger partial charge in [-0.2, -0.15) is 0 Å². The third kappa shape index (κ3) is 5.73. The third-order valence-corrected chi connectivity index (χ3v) is 15.6. The number of hydrogen-bond donors (Lipinski definition) is 0. The highest BCUT2D eigenvalue weighted by Gasteiger charge is 2.46. The van der Waals surface area contributed by atoms with Gasteiger partial charge in [0.1, 0.15) is 0 Å². The predicted octanol–water partition coefficient (Wildman–Crippen LogP) is 17.0. The van der Waals surface area contributed by atoms with Crippen LogP contribution in [-0.4, -0.2) is 4.57 Å². The molecule has 1 saturated carbocycles. The molecule has 1 heterocycles. The summed E-state index contributed by atoms with van der Waals surface area (Å²) in [6.07, 6.45) is 6.55. The lowest BCUT2D eigenvalue weighted by molar-refractivity contribution is 0.444. The molecule has 3 aliphatic carbocycles. The smallest absolute Gasteiger partial charge is 0.0714 e. The van der Waals surface area contributed by atoms with Gasteiger partial charge in [-0.1, -0.05) is 191 Å². The Hall–Kier alpha value is -7.42. The Morgan fingerprint density at radius 2 is 0.894 bits per heavy atom. The van der Waals surface area contributed by atoms with Crippen molar-refractivity contribution in [3.63, 3.8) is 0 Å². The molecule has 2 nitrogen and oxygen atoms in total. The highest BCUT2D eigenvalue weighted by atomic mass is 15.1. The van der Waals surface area contributed by atoms with Crippen LogP contribution in [0.4, 0.5) is 17.1 Å². The van der Waals surface area contributed by atoms with Gasteiger partial charge in [-0.25, -0.2) is 0 Å². The molecular weight excluding hydrogens is 797 g/mol. The highest BCUT2D eigenvalue weighted by Crippen LogP contribution is 2.58. The molecule has 0 amide bonds.